The second-order valence-electron chi connectivity index (χ2n) is 9.50. The Morgan fingerprint density at radius 2 is 2.06 bits per heavy atom. The van der Waals surface area contributed by atoms with E-state index in [1.165, 1.54) is 6.42 Å². The van der Waals surface area contributed by atoms with Crippen LogP contribution in [0.3, 0.4) is 0 Å². The highest BCUT2D eigenvalue weighted by molar-refractivity contribution is 6.33. The van der Waals surface area contributed by atoms with Crippen molar-refractivity contribution in [2.75, 3.05) is 6.61 Å². The van der Waals surface area contributed by atoms with Gasteiger partial charge >= 0.3 is 5.97 Å². The van der Waals surface area contributed by atoms with Gasteiger partial charge < -0.3 is 4.74 Å². The Bertz CT molecular complexity index is 1120. The van der Waals surface area contributed by atoms with E-state index in [1.807, 2.05) is 19.9 Å². The van der Waals surface area contributed by atoms with Gasteiger partial charge in [0.05, 0.1) is 10.7 Å². The zero-order valence-corrected chi connectivity index (χ0v) is 19.8. The predicted molar refractivity (Wildman–Crippen MR) is 121 cm³/mol. The van der Waals surface area contributed by atoms with Crippen LogP contribution in [0.5, 0.6) is 0 Å². The van der Waals surface area contributed by atoms with Gasteiger partial charge in [-0.2, -0.15) is 10.2 Å². The van der Waals surface area contributed by atoms with Crippen molar-refractivity contribution in [1.82, 2.24) is 20.2 Å². The smallest absolute Gasteiger partial charge is 0.359 e. The molecule has 0 aliphatic heterocycles. The number of nitrogens with one attached hydrogen (secondary N) is 1. The minimum Gasteiger partial charge on any atom is -0.451 e. The average Bonchev–Trinajstić information content (AvgIpc) is 3.26. The van der Waals surface area contributed by atoms with Crippen LogP contribution in [0.25, 0.3) is 5.82 Å². The highest BCUT2D eigenvalue weighted by atomic mass is 35.5. The molecule has 2 unspecified atom stereocenters. The van der Waals surface area contributed by atoms with E-state index >= 15 is 0 Å². The molecule has 2 atom stereocenters. The number of hydrogen-bond donors (Lipinski definition) is 1. The molecule has 2 aromatic heterocycles. The molecule has 0 saturated heterocycles. The number of carbonyl (C=O) groups excluding carboxylic acids is 2. The summed E-state index contributed by atoms with van der Waals surface area (Å²) in [5.41, 5.74) is 5.34. The SMILES string of the molecule is Cc1cc(C)n(-c2ccc(Cl)c(C(=O)OCC(=O)N/N=C3\CC4CCC3(C)C4(C)C)n2)n1. The van der Waals surface area contributed by atoms with E-state index in [1.54, 1.807) is 16.8 Å². The third-order valence-corrected chi connectivity index (χ3v) is 7.72. The number of hydrogen-bond acceptors (Lipinski definition) is 6. The third kappa shape index (κ3) is 3.70. The maximum atomic E-state index is 12.5. The van der Waals surface area contributed by atoms with Gasteiger partial charge in [-0.3, -0.25) is 4.79 Å². The zero-order chi connectivity index (χ0) is 23.3. The van der Waals surface area contributed by atoms with E-state index in [-0.39, 0.29) is 21.5 Å². The number of nitrogens with zero attached hydrogens (tertiary/aromatic N) is 4. The van der Waals surface area contributed by atoms with Gasteiger partial charge in [-0.25, -0.2) is 19.9 Å². The van der Waals surface area contributed by atoms with Gasteiger partial charge in [-0.15, -0.1) is 0 Å². The molecular weight excluding hydrogens is 430 g/mol. The number of amides is 1. The first-order valence-corrected chi connectivity index (χ1v) is 11.1. The van der Waals surface area contributed by atoms with Crippen LogP contribution in [0.1, 0.15) is 61.9 Å². The fourth-order valence-electron chi connectivity index (χ4n) is 5.01. The molecule has 2 saturated carbocycles. The second kappa shape index (κ2) is 7.99. The molecule has 170 valence electrons. The fourth-order valence-corrected chi connectivity index (χ4v) is 5.20. The number of ether oxygens (including phenoxy) is 1. The van der Waals surface area contributed by atoms with Crippen molar-refractivity contribution in [2.24, 2.45) is 21.8 Å². The number of rotatable bonds is 5. The lowest BCUT2D eigenvalue weighted by atomic mass is 9.70. The predicted octanol–water partition coefficient (Wildman–Crippen LogP) is 4.01. The summed E-state index contributed by atoms with van der Waals surface area (Å²) in [4.78, 5) is 29.1. The van der Waals surface area contributed by atoms with E-state index in [0.717, 1.165) is 29.9 Å². The maximum Gasteiger partial charge on any atom is 0.359 e. The first-order chi connectivity index (χ1) is 15.0. The van der Waals surface area contributed by atoms with Crippen molar-refractivity contribution < 1.29 is 14.3 Å². The van der Waals surface area contributed by atoms with Gasteiger partial charge in [0.25, 0.3) is 5.91 Å². The molecule has 1 amide bonds. The van der Waals surface area contributed by atoms with E-state index in [0.29, 0.717) is 11.7 Å². The number of pyridine rings is 1. The van der Waals surface area contributed by atoms with Crippen LogP contribution in [0, 0.1) is 30.6 Å². The zero-order valence-electron chi connectivity index (χ0n) is 19.0. The Morgan fingerprint density at radius 3 is 2.66 bits per heavy atom. The van der Waals surface area contributed by atoms with Crippen LogP contribution >= 0.6 is 11.6 Å². The van der Waals surface area contributed by atoms with Crippen molar-refractivity contribution >= 4 is 29.2 Å². The van der Waals surface area contributed by atoms with Gasteiger partial charge in [0, 0.05) is 16.8 Å². The van der Waals surface area contributed by atoms with E-state index in [2.05, 4.69) is 41.4 Å². The van der Waals surface area contributed by atoms with Crippen molar-refractivity contribution in [3.63, 3.8) is 0 Å². The molecule has 9 heteroatoms. The van der Waals surface area contributed by atoms with Crippen molar-refractivity contribution in [2.45, 2.75) is 53.9 Å². The van der Waals surface area contributed by atoms with Gasteiger partial charge in [0.2, 0.25) is 0 Å². The summed E-state index contributed by atoms with van der Waals surface area (Å²) < 4.78 is 6.76. The molecule has 1 N–H and O–H groups in total. The Labute approximate surface area is 192 Å². The van der Waals surface area contributed by atoms with Crippen LogP contribution in [-0.4, -0.2) is 39.0 Å². The molecule has 4 rings (SSSR count). The number of esters is 1. The molecule has 0 radical (unpaired) electrons. The van der Waals surface area contributed by atoms with Gasteiger partial charge in [-0.1, -0.05) is 32.4 Å². The lowest BCUT2D eigenvalue weighted by molar-refractivity contribution is -0.124. The summed E-state index contributed by atoms with van der Waals surface area (Å²) in [6, 6.07) is 5.12. The molecule has 8 nitrogen and oxygen atoms in total. The Balaban J connectivity index is 1.40. The largest absolute Gasteiger partial charge is 0.451 e. The first-order valence-electron chi connectivity index (χ1n) is 10.8. The summed E-state index contributed by atoms with van der Waals surface area (Å²) in [5.74, 6) is -0.256. The summed E-state index contributed by atoms with van der Waals surface area (Å²) in [5, 5.41) is 8.88. The lowest BCUT2D eigenvalue weighted by Gasteiger charge is -2.34. The van der Waals surface area contributed by atoms with Crippen molar-refractivity contribution in [3.05, 3.63) is 40.3 Å². The molecule has 0 spiro atoms. The number of aromatic nitrogens is 3. The molecule has 32 heavy (non-hydrogen) atoms. The van der Waals surface area contributed by atoms with Crippen LogP contribution in [0.4, 0.5) is 0 Å². The average molecular weight is 458 g/mol. The Kier molecular flexibility index (Phi) is 5.61. The monoisotopic (exact) mass is 457 g/mol. The molecule has 0 aromatic carbocycles. The Morgan fingerprint density at radius 1 is 1.31 bits per heavy atom. The minimum atomic E-state index is -0.783. The van der Waals surface area contributed by atoms with Gasteiger partial charge in [0.15, 0.2) is 18.1 Å². The number of fused-ring (bicyclic) bond motifs is 2. The minimum absolute atomic E-state index is 0.0114. The molecule has 2 aromatic rings. The van der Waals surface area contributed by atoms with E-state index in [4.69, 9.17) is 16.3 Å². The molecular formula is C23H28ClN5O3. The normalized spacial score (nSPS) is 24.7. The molecule has 2 fully saturated rings. The molecule has 2 heterocycles. The van der Waals surface area contributed by atoms with Gasteiger partial charge in [-0.05, 0) is 62.6 Å². The topological polar surface area (TPSA) is 98.5 Å². The number of hydrazone groups is 1. The third-order valence-electron chi connectivity index (χ3n) is 7.41. The number of carbonyl (C=O) groups is 2. The quantitative estimate of drug-likeness (QED) is 0.540. The first kappa shape index (κ1) is 22.5. The van der Waals surface area contributed by atoms with Crippen molar-refractivity contribution in [1.29, 1.82) is 0 Å². The standard InChI is InChI=1S/C23H28ClN5O3/c1-13-10-14(2)29(28-13)18-7-6-16(24)20(25-18)21(31)32-12-19(30)27-26-17-11-15-8-9-23(17,5)22(15,3)4/h6-7,10,15H,8-9,11-12H2,1-5H3,(H,27,30)/b26-17+. The molecule has 2 aliphatic rings. The van der Waals surface area contributed by atoms with Crippen LogP contribution in [0.15, 0.2) is 23.3 Å². The highest BCUT2D eigenvalue weighted by Gasteiger charge is 2.60. The second-order valence-corrected chi connectivity index (χ2v) is 9.91. The fraction of sp³-hybridized carbons (Fsp3) is 0.522. The van der Waals surface area contributed by atoms with E-state index < -0.39 is 18.5 Å². The summed E-state index contributed by atoms with van der Waals surface area (Å²) in [7, 11) is 0. The van der Waals surface area contributed by atoms with Crippen LogP contribution < -0.4 is 5.43 Å². The molecule has 2 bridgehead atoms. The molecule has 2 aliphatic carbocycles. The van der Waals surface area contributed by atoms with Gasteiger partial charge in [0.1, 0.15) is 0 Å². The maximum absolute atomic E-state index is 12.5. The van der Waals surface area contributed by atoms with E-state index in [9.17, 15) is 9.59 Å². The lowest BCUT2D eigenvalue weighted by Crippen LogP contribution is -2.35. The number of halogens is 1. The van der Waals surface area contributed by atoms with Crippen LogP contribution in [-0.2, 0) is 9.53 Å². The number of aryl methyl sites for hydroxylation is 2. The van der Waals surface area contributed by atoms with Crippen molar-refractivity contribution in [3.8, 4) is 5.82 Å². The summed E-state index contributed by atoms with van der Waals surface area (Å²) in [6.07, 6.45) is 3.16. The highest BCUT2D eigenvalue weighted by Crippen LogP contribution is 2.63. The summed E-state index contributed by atoms with van der Waals surface area (Å²) in [6.45, 7) is 10.0. The Hall–Kier alpha value is -2.74. The summed E-state index contributed by atoms with van der Waals surface area (Å²) >= 11 is 6.15. The van der Waals surface area contributed by atoms with Crippen LogP contribution in [0.2, 0.25) is 5.02 Å².